The fourth-order valence-corrected chi connectivity index (χ4v) is 4.35. The van der Waals surface area contributed by atoms with Crippen LogP contribution in [0, 0.1) is 0 Å². The van der Waals surface area contributed by atoms with Crippen LogP contribution < -0.4 is 16.4 Å². The Bertz CT molecular complexity index is 797. The lowest BCUT2D eigenvalue weighted by atomic mass is 10.1. The Morgan fingerprint density at radius 3 is 2.44 bits per heavy atom. The number of primary amides is 1. The molecule has 0 aromatic heterocycles. The third kappa shape index (κ3) is 7.57. The number of carboxylic acids is 1. The number of rotatable bonds is 8. The summed E-state index contributed by atoms with van der Waals surface area (Å²) in [6.07, 6.45) is 0.551. The van der Waals surface area contributed by atoms with Crippen LogP contribution in [0.1, 0.15) is 59.8 Å². The van der Waals surface area contributed by atoms with Crippen LogP contribution in [0.3, 0.4) is 0 Å². The molecule has 2 aliphatic heterocycles. The molecule has 0 spiro atoms. The first-order valence-electron chi connectivity index (χ1n) is 11.7. The molecule has 0 unspecified atom stereocenters. The number of ether oxygens (including phenoxy) is 1. The molecule has 5 N–H and O–H groups in total. The highest BCUT2D eigenvalue weighted by molar-refractivity contribution is 5.94. The molecule has 0 bridgehead atoms. The van der Waals surface area contributed by atoms with Crippen LogP contribution in [0.5, 0.6) is 0 Å². The summed E-state index contributed by atoms with van der Waals surface area (Å²) in [6, 6.07) is -3.30. The van der Waals surface area contributed by atoms with E-state index in [9.17, 15) is 29.1 Å². The fraction of sp³-hybridized carbons (Fsp3) is 0.773. The smallest absolute Gasteiger partial charge is 0.408 e. The predicted octanol–water partition coefficient (Wildman–Crippen LogP) is -0.200. The molecule has 4 amide bonds. The minimum Gasteiger partial charge on any atom is -0.480 e. The zero-order valence-corrected chi connectivity index (χ0v) is 20.3. The van der Waals surface area contributed by atoms with Gasteiger partial charge in [-0.05, 0) is 53.0 Å². The highest BCUT2D eigenvalue weighted by Gasteiger charge is 2.45. The first kappa shape index (κ1) is 27.4. The quantitative estimate of drug-likeness (QED) is 0.367. The summed E-state index contributed by atoms with van der Waals surface area (Å²) in [6.45, 7) is 8.77. The summed E-state index contributed by atoms with van der Waals surface area (Å²) in [5, 5.41) is 14.5. The number of fused-ring (bicyclic) bond motifs is 1. The van der Waals surface area contributed by atoms with Crippen LogP contribution in [-0.2, 0) is 23.9 Å². The lowest BCUT2D eigenvalue weighted by Gasteiger charge is -2.38. The second kappa shape index (κ2) is 11.5. The number of carboxylic acid groups (broad SMARTS) is 1. The van der Waals surface area contributed by atoms with Crippen LogP contribution in [-0.4, -0.2) is 94.1 Å². The number of nitrogens with zero attached hydrogens (tertiary/aromatic N) is 2. The highest BCUT2D eigenvalue weighted by Crippen LogP contribution is 2.29. The minimum atomic E-state index is -1.30. The Balaban J connectivity index is 2.21. The molecule has 2 heterocycles. The van der Waals surface area contributed by atoms with Crippen molar-refractivity contribution >= 4 is 29.8 Å². The molecule has 12 heteroatoms. The maximum absolute atomic E-state index is 13.6. The van der Waals surface area contributed by atoms with E-state index in [2.05, 4.69) is 15.5 Å². The molecule has 12 nitrogen and oxygen atoms in total. The number of aliphatic carboxylic acids is 1. The van der Waals surface area contributed by atoms with Crippen molar-refractivity contribution in [2.45, 2.75) is 89.6 Å². The molecule has 0 aliphatic carbocycles. The van der Waals surface area contributed by atoms with E-state index in [4.69, 9.17) is 10.5 Å². The summed E-state index contributed by atoms with van der Waals surface area (Å²) >= 11 is 0. The van der Waals surface area contributed by atoms with Gasteiger partial charge in [0.1, 0.15) is 23.7 Å². The van der Waals surface area contributed by atoms with E-state index >= 15 is 0 Å². The largest absolute Gasteiger partial charge is 0.480 e. The molecule has 0 radical (unpaired) electrons. The molecular formula is C22H37N5O7. The van der Waals surface area contributed by atoms with Crippen LogP contribution in [0.15, 0.2) is 0 Å². The van der Waals surface area contributed by atoms with Gasteiger partial charge in [-0.1, -0.05) is 6.92 Å². The molecule has 0 aromatic rings. The number of carbonyl (C=O) groups is 5. The monoisotopic (exact) mass is 483 g/mol. The average Bonchev–Trinajstić information content (AvgIpc) is 3.13. The summed E-state index contributed by atoms with van der Waals surface area (Å²) in [5.41, 5.74) is 4.36. The van der Waals surface area contributed by atoms with Gasteiger partial charge < -0.3 is 36.0 Å². The van der Waals surface area contributed by atoms with E-state index in [1.165, 1.54) is 4.90 Å². The normalized spacial score (nSPS) is 24.4. The van der Waals surface area contributed by atoms with Crippen molar-refractivity contribution in [2.24, 2.45) is 5.73 Å². The first-order chi connectivity index (χ1) is 15.8. The average molecular weight is 484 g/mol. The Hall–Kier alpha value is -2.89. The SMILES string of the molecule is CCN1CC[C@H]2CC[C@@H](C(=O)N[C@@H](CCC(N)=O)C(=O)O)N2C(=O)[C@@H](NC(=O)OC(C)(C)C)C1. The highest BCUT2D eigenvalue weighted by atomic mass is 16.6. The number of likely N-dealkylation sites (N-methyl/N-ethyl adjacent to an activating group) is 1. The lowest BCUT2D eigenvalue weighted by Crippen LogP contribution is -2.61. The molecule has 0 aromatic carbocycles. The first-order valence-corrected chi connectivity index (χ1v) is 11.7. The van der Waals surface area contributed by atoms with Gasteiger partial charge in [-0.15, -0.1) is 0 Å². The van der Waals surface area contributed by atoms with E-state index in [0.717, 1.165) is 0 Å². The number of nitrogens with two attached hydrogens (primary N) is 1. The standard InChI is InChI=1S/C22H37N5O7/c1-5-26-11-10-13-6-8-16(18(29)24-14(20(31)32)7-9-17(23)28)27(13)19(30)15(12-26)25-21(33)34-22(2,3)4/h13-16H,5-12H2,1-4H3,(H2,23,28)(H,24,29)(H,25,33)(H,31,32)/t13-,14+,15+,16+/m1/s1. The van der Waals surface area contributed by atoms with Crippen LogP contribution >= 0.6 is 0 Å². The van der Waals surface area contributed by atoms with Crippen LogP contribution in [0.4, 0.5) is 4.79 Å². The predicted molar refractivity (Wildman–Crippen MR) is 122 cm³/mol. The Morgan fingerprint density at radius 1 is 1.21 bits per heavy atom. The number of carbonyl (C=O) groups excluding carboxylic acids is 4. The molecule has 2 rings (SSSR count). The second-order valence-electron chi connectivity index (χ2n) is 9.78. The van der Waals surface area contributed by atoms with Crippen molar-refractivity contribution in [3.8, 4) is 0 Å². The van der Waals surface area contributed by atoms with Crippen molar-refractivity contribution in [2.75, 3.05) is 19.6 Å². The molecular weight excluding hydrogens is 446 g/mol. The van der Waals surface area contributed by atoms with Gasteiger partial charge in [0.15, 0.2) is 0 Å². The molecule has 2 saturated heterocycles. The van der Waals surface area contributed by atoms with E-state index in [0.29, 0.717) is 32.4 Å². The molecule has 0 saturated carbocycles. The molecule has 4 atom stereocenters. The molecule has 2 fully saturated rings. The van der Waals surface area contributed by atoms with Crippen molar-refractivity contribution < 1.29 is 33.8 Å². The Kier molecular flexibility index (Phi) is 9.25. The van der Waals surface area contributed by atoms with Crippen LogP contribution in [0.25, 0.3) is 0 Å². The number of hydrogen-bond acceptors (Lipinski definition) is 7. The number of alkyl carbamates (subject to hydrolysis) is 1. The number of hydrogen-bond donors (Lipinski definition) is 4. The van der Waals surface area contributed by atoms with E-state index in [1.54, 1.807) is 20.8 Å². The third-order valence-corrected chi connectivity index (χ3v) is 6.01. The van der Waals surface area contributed by atoms with Crippen LogP contribution in [0.2, 0.25) is 0 Å². The van der Waals surface area contributed by atoms with E-state index < -0.39 is 53.5 Å². The van der Waals surface area contributed by atoms with E-state index in [1.807, 2.05) is 6.92 Å². The zero-order valence-electron chi connectivity index (χ0n) is 20.3. The van der Waals surface area contributed by atoms with E-state index in [-0.39, 0.29) is 25.4 Å². The molecule has 192 valence electrons. The summed E-state index contributed by atoms with van der Waals surface area (Å²) in [5.74, 6) is -2.96. The zero-order chi connectivity index (χ0) is 25.6. The van der Waals surface area contributed by atoms with Gasteiger partial charge in [0.2, 0.25) is 17.7 Å². The number of amides is 4. The van der Waals surface area contributed by atoms with Gasteiger partial charge in [0.05, 0.1) is 0 Å². The van der Waals surface area contributed by atoms with Gasteiger partial charge >= 0.3 is 12.1 Å². The maximum Gasteiger partial charge on any atom is 0.408 e. The third-order valence-electron chi connectivity index (χ3n) is 6.01. The fourth-order valence-electron chi connectivity index (χ4n) is 4.35. The van der Waals surface area contributed by atoms with Crippen molar-refractivity contribution in [1.82, 2.24) is 20.4 Å². The summed E-state index contributed by atoms with van der Waals surface area (Å²) in [7, 11) is 0. The van der Waals surface area contributed by atoms with Crippen molar-refractivity contribution in [3.05, 3.63) is 0 Å². The summed E-state index contributed by atoms with van der Waals surface area (Å²) < 4.78 is 5.32. The molecule has 2 aliphatic rings. The van der Waals surface area contributed by atoms with Gasteiger partial charge in [-0.2, -0.15) is 0 Å². The minimum absolute atomic E-state index is 0.144. The maximum atomic E-state index is 13.6. The topological polar surface area (TPSA) is 171 Å². The molecule has 34 heavy (non-hydrogen) atoms. The Labute approximate surface area is 199 Å². The van der Waals surface area contributed by atoms with Gasteiger partial charge in [0, 0.05) is 25.6 Å². The second-order valence-corrected chi connectivity index (χ2v) is 9.78. The van der Waals surface area contributed by atoms with Gasteiger partial charge in [0.25, 0.3) is 0 Å². The number of nitrogens with one attached hydrogen (secondary N) is 2. The Morgan fingerprint density at radius 2 is 1.88 bits per heavy atom. The van der Waals surface area contributed by atoms with Crippen molar-refractivity contribution in [3.63, 3.8) is 0 Å². The van der Waals surface area contributed by atoms with Crippen molar-refractivity contribution in [1.29, 1.82) is 0 Å². The van der Waals surface area contributed by atoms with Gasteiger partial charge in [-0.25, -0.2) is 9.59 Å². The summed E-state index contributed by atoms with van der Waals surface area (Å²) in [4.78, 5) is 65.2. The van der Waals surface area contributed by atoms with Gasteiger partial charge in [-0.3, -0.25) is 14.4 Å². The lowest BCUT2D eigenvalue weighted by molar-refractivity contribution is -0.146.